The van der Waals surface area contributed by atoms with E-state index in [-0.39, 0.29) is 5.56 Å². The Labute approximate surface area is 272 Å². The van der Waals surface area contributed by atoms with Gasteiger partial charge >= 0.3 is 12.1 Å². The van der Waals surface area contributed by atoms with Crippen LogP contribution in [-0.2, 0) is 11.3 Å². The van der Waals surface area contributed by atoms with Crippen LogP contribution in [-0.4, -0.2) is 55.4 Å². The molecule has 48 heavy (non-hydrogen) atoms. The van der Waals surface area contributed by atoms with Crippen LogP contribution in [0.2, 0.25) is 0 Å². The molecule has 1 aliphatic heterocycles. The maximum absolute atomic E-state index is 12.5. The number of piperidine rings is 1. The van der Waals surface area contributed by atoms with Crippen LogP contribution in [0.25, 0.3) is 44.7 Å². The molecule has 2 N–H and O–H groups in total. The summed E-state index contributed by atoms with van der Waals surface area (Å²) in [6.07, 6.45) is -1.44. The zero-order valence-electron chi connectivity index (χ0n) is 25.5. The number of aromatic nitrogens is 4. The molecule has 1 saturated heterocycles. The maximum atomic E-state index is 12.5. The van der Waals surface area contributed by atoms with Gasteiger partial charge in [-0.25, -0.2) is 9.78 Å². The second kappa shape index (κ2) is 14.0. The fourth-order valence-corrected chi connectivity index (χ4v) is 5.63. The van der Waals surface area contributed by atoms with Gasteiger partial charge in [0.1, 0.15) is 0 Å². The lowest BCUT2D eigenvalue weighted by molar-refractivity contribution is -0.192. The van der Waals surface area contributed by atoms with Gasteiger partial charge in [0, 0.05) is 35.3 Å². The van der Waals surface area contributed by atoms with Crippen molar-refractivity contribution >= 4 is 16.9 Å². The molecular formula is C36H30F3N5O4. The van der Waals surface area contributed by atoms with E-state index in [0.717, 1.165) is 66.3 Å². The number of alkyl halides is 3. The number of halogens is 3. The second-order valence-corrected chi connectivity index (χ2v) is 11.4. The predicted molar refractivity (Wildman–Crippen MR) is 174 cm³/mol. The first-order chi connectivity index (χ1) is 23.2. The van der Waals surface area contributed by atoms with Crippen LogP contribution in [0, 0.1) is 0 Å². The molecule has 0 aliphatic carbocycles. The average molecular weight is 654 g/mol. The van der Waals surface area contributed by atoms with Crippen molar-refractivity contribution in [3.63, 3.8) is 0 Å². The first-order valence-corrected chi connectivity index (χ1v) is 15.2. The van der Waals surface area contributed by atoms with E-state index in [1.807, 2.05) is 60.7 Å². The monoisotopic (exact) mass is 653 g/mol. The van der Waals surface area contributed by atoms with E-state index in [0.29, 0.717) is 22.7 Å². The van der Waals surface area contributed by atoms with Gasteiger partial charge in [0.2, 0.25) is 11.8 Å². The molecule has 0 unspecified atom stereocenters. The zero-order valence-corrected chi connectivity index (χ0v) is 25.5. The summed E-state index contributed by atoms with van der Waals surface area (Å²) < 4.78 is 37.8. The third-order valence-electron chi connectivity index (χ3n) is 8.11. The van der Waals surface area contributed by atoms with Crippen molar-refractivity contribution in [2.24, 2.45) is 0 Å². The minimum atomic E-state index is -5.08. The normalized spacial score (nSPS) is 14.0. The fourth-order valence-electron chi connectivity index (χ4n) is 5.63. The van der Waals surface area contributed by atoms with Crippen molar-refractivity contribution < 1.29 is 27.5 Å². The van der Waals surface area contributed by atoms with Gasteiger partial charge in [-0.05, 0) is 61.3 Å². The van der Waals surface area contributed by atoms with Gasteiger partial charge in [0.15, 0.2) is 0 Å². The number of carbonyl (C=O) groups is 1. The van der Waals surface area contributed by atoms with Gasteiger partial charge in [-0.1, -0.05) is 72.8 Å². The minimum absolute atomic E-state index is 0.131. The van der Waals surface area contributed by atoms with Crippen molar-refractivity contribution in [3.05, 3.63) is 125 Å². The zero-order chi connectivity index (χ0) is 33.7. The second-order valence-electron chi connectivity index (χ2n) is 11.4. The molecule has 0 spiro atoms. The van der Waals surface area contributed by atoms with Gasteiger partial charge < -0.3 is 14.5 Å². The number of likely N-dealkylation sites (tertiary alicyclic amines) is 1. The van der Waals surface area contributed by atoms with E-state index in [1.165, 1.54) is 5.56 Å². The van der Waals surface area contributed by atoms with Crippen LogP contribution in [0.5, 0.6) is 0 Å². The maximum Gasteiger partial charge on any atom is 0.490 e. The summed E-state index contributed by atoms with van der Waals surface area (Å²) in [6, 6.07) is 32.5. The van der Waals surface area contributed by atoms with Crippen molar-refractivity contribution in [3.8, 4) is 33.8 Å². The molecule has 0 saturated carbocycles. The summed E-state index contributed by atoms with van der Waals surface area (Å²) in [5.74, 6) is -1.13. The Bertz CT molecular complexity index is 2060. The number of fused-ring (bicyclic) bond motifs is 1. The lowest BCUT2D eigenvalue weighted by Crippen LogP contribution is -2.32. The molecule has 12 heteroatoms. The van der Waals surface area contributed by atoms with Crippen LogP contribution in [0.4, 0.5) is 13.2 Å². The number of aromatic amines is 1. The summed E-state index contributed by atoms with van der Waals surface area (Å²) in [7, 11) is 0. The highest BCUT2D eigenvalue weighted by molar-refractivity contribution is 5.91. The number of carboxylic acid groups (broad SMARTS) is 1. The quantitative estimate of drug-likeness (QED) is 0.192. The third kappa shape index (κ3) is 7.50. The molecule has 244 valence electrons. The molecule has 4 heterocycles. The van der Waals surface area contributed by atoms with Gasteiger partial charge in [0.25, 0.3) is 5.56 Å². The van der Waals surface area contributed by atoms with Crippen molar-refractivity contribution in [2.75, 3.05) is 13.1 Å². The fraction of sp³-hybridized carbons (Fsp3) is 0.194. The lowest BCUT2D eigenvalue weighted by atomic mass is 9.95. The van der Waals surface area contributed by atoms with Crippen molar-refractivity contribution in [1.29, 1.82) is 0 Å². The molecule has 9 nitrogen and oxygen atoms in total. The smallest absolute Gasteiger partial charge is 0.475 e. The molecule has 3 aromatic carbocycles. The minimum Gasteiger partial charge on any atom is -0.475 e. The Morgan fingerprint density at radius 2 is 1.50 bits per heavy atom. The summed E-state index contributed by atoms with van der Waals surface area (Å²) in [6.45, 7) is 2.85. The Balaban J connectivity index is 0.000000519. The van der Waals surface area contributed by atoms with Crippen LogP contribution in [0.1, 0.15) is 30.2 Å². The lowest BCUT2D eigenvalue weighted by Gasteiger charge is -2.30. The standard InChI is InChI=1S/C34H29N5O2.C2HF3O2/c40-32-29-21-28(24-7-3-1-4-8-24)31(36-30(29)15-18-35-32)25-13-11-23(12-14-25)22-39-19-16-27(17-20-39)34-38-37-33(41-34)26-9-5-2-6-10-26;3-2(4,5)1(6)7/h1-15,18,21,27H,16-17,19-20,22H2,(H,35,40);(H,6,7). The number of aliphatic carboxylic acids is 1. The van der Waals surface area contributed by atoms with Crippen LogP contribution in [0.3, 0.4) is 0 Å². The third-order valence-corrected chi connectivity index (χ3v) is 8.11. The highest BCUT2D eigenvalue weighted by Crippen LogP contribution is 2.34. The number of nitrogens with zero attached hydrogens (tertiary/aromatic N) is 4. The molecule has 0 bridgehead atoms. The first kappa shape index (κ1) is 32.3. The number of pyridine rings is 2. The largest absolute Gasteiger partial charge is 0.490 e. The van der Waals surface area contributed by atoms with E-state index in [1.54, 1.807) is 6.20 Å². The average Bonchev–Trinajstić information content (AvgIpc) is 3.60. The number of benzene rings is 3. The number of carboxylic acids is 1. The number of hydrogen-bond donors (Lipinski definition) is 2. The number of hydrogen-bond acceptors (Lipinski definition) is 7. The summed E-state index contributed by atoms with van der Waals surface area (Å²) in [4.78, 5) is 31.6. The number of nitrogens with one attached hydrogen (secondary N) is 1. The van der Waals surface area contributed by atoms with Crippen LogP contribution in [0.15, 0.2) is 112 Å². The number of rotatable bonds is 6. The summed E-state index contributed by atoms with van der Waals surface area (Å²) >= 11 is 0. The van der Waals surface area contributed by atoms with E-state index < -0.39 is 12.1 Å². The van der Waals surface area contributed by atoms with E-state index in [4.69, 9.17) is 19.3 Å². The van der Waals surface area contributed by atoms with Gasteiger partial charge in [-0.3, -0.25) is 9.69 Å². The Morgan fingerprint density at radius 1 is 0.875 bits per heavy atom. The summed E-state index contributed by atoms with van der Waals surface area (Å²) in [5.41, 5.74) is 6.65. The van der Waals surface area contributed by atoms with Gasteiger partial charge in [-0.2, -0.15) is 13.2 Å². The van der Waals surface area contributed by atoms with Crippen molar-refractivity contribution in [1.82, 2.24) is 25.1 Å². The van der Waals surface area contributed by atoms with E-state index in [9.17, 15) is 18.0 Å². The molecule has 0 amide bonds. The highest BCUT2D eigenvalue weighted by atomic mass is 19.4. The molecular weight excluding hydrogens is 623 g/mol. The molecule has 6 aromatic rings. The van der Waals surface area contributed by atoms with Gasteiger partial charge in [-0.15, -0.1) is 10.2 Å². The van der Waals surface area contributed by atoms with E-state index in [2.05, 4.69) is 56.5 Å². The SMILES string of the molecule is O=C(O)C(F)(F)F.O=c1[nH]ccc2nc(-c3ccc(CN4CCC(c5nnc(-c6ccccc6)o5)CC4)cc3)c(-c3ccccc3)cc12. The number of H-pyrrole nitrogens is 1. The van der Waals surface area contributed by atoms with Crippen LogP contribution < -0.4 is 5.56 Å². The van der Waals surface area contributed by atoms with Gasteiger partial charge in [0.05, 0.1) is 16.6 Å². The first-order valence-electron chi connectivity index (χ1n) is 15.2. The Kier molecular flexibility index (Phi) is 9.44. The topological polar surface area (TPSA) is 125 Å². The molecule has 7 rings (SSSR count). The van der Waals surface area contributed by atoms with Crippen molar-refractivity contribution in [2.45, 2.75) is 31.5 Å². The molecule has 3 aromatic heterocycles. The molecule has 1 fully saturated rings. The summed E-state index contributed by atoms with van der Waals surface area (Å²) in [5, 5.41) is 16.3. The Hall–Kier alpha value is -5.62. The predicted octanol–water partition coefficient (Wildman–Crippen LogP) is 7.32. The molecule has 0 atom stereocenters. The van der Waals surface area contributed by atoms with E-state index >= 15 is 0 Å². The van der Waals surface area contributed by atoms with Crippen LogP contribution >= 0.6 is 0 Å². The molecule has 1 aliphatic rings. The molecule has 0 radical (unpaired) electrons. The Morgan fingerprint density at radius 3 is 2.12 bits per heavy atom. The highest BCUT2D eigenvalue weighted by Gasteiger charge is 2.38.